The molecule has 1 aromatic heterocycles. The van der Waals surface area contributed by atoms with E-state index in [1.54, 1.807) is 30.3 Å². The minimum atomic E-state index is -0.529. The molecule has 3 rings (SSSR count). The van der Waals surface area contributed by atoms with Gasteiger partial charge in [0.25, 0.3) is 11.6 Å². The van der Waals surface area contributed by atoms with Crippen molar-refractivity contribution < 1.29 is 9.72 Å². The predicted molar refractivity (Wildman–Crippen MR) is 105 cm³/mol. The Bertz CT molecular complexity index is 1150. The average molecular weight is 455 g/mol. The number of nitriles is 1. The average Bonchev–Trinajstić information content (AvgIpc) is 3.17. The molecule has 2 aromatic carbocycles. The first-order chi connectivity index (χ1) is 14.0. The van der Waals surface area contributed by atoms with Crippen LogP contribution in [-0.4, -0.2) is 37.3 Å². The summed E-state index contributed by atoms with van der Waals surface area (Å²) in [6.07, 6.45) is 1.28. The molecule has 0 unspecified atom stereocenters. The van der Waals surface area contributed by atoms with Crippen molar-refractivity contribution in [3.05, 3.63) is 68.2 Å². The molecule has 0 aliphatic heterocycles. The number of nitro benzene ring substituents is 1. The van der Waals surface area contributed by atoms with E-state index in [0.29, 0.717) is 21.2 Å². The van der Waals surface area contributed by atoms with Gasteiger partial charge in [0.2, 0.25) is 5.82 Å². The molecule has 0 bridgehead atoms. The summed E-state index contributed by atoms with van der Waals surface area (Å²) in [7, 11) is 0. The van der Waals surface area contributed by atoms with Gasteiger partial charge in [-0.05, 0) is 39.3 Å². The number of hydrogen-bond acceptors (Lipinski definition) is 8. The Morgan fingerprint density at radius 3 is 2.93 bits per heavy atom. The van der Waals surface area contributed by atoms with Crippen molar-refractivity contribution in [3.8, 4) is 17.5 Å². The molecule has 0 saturated carbocycles. The lowest BCUT2D eigenvalue weighted by Crippen LogP contribution is -2.24. The molecule has 1 heterocycles. The molecule has 0 saturated heterocycles. The number of nitro groups is 1. The number of rotatable bonds is 6. The van der Waals surface area contributed by atoms with E-state index < -0.39 is 10.8 Å². The van der Waals surface area contributed by atoms with Crippen molar-refractivity contribution in [1.82, 2.24) is 25.6 Å². The molecule has 0 fully saturated rings. The third kappa shape index (κ3) is 4.85. The number of halogens is 1. The minimum absolute atomic E-state index is 0.114. The molecule has 0 aliphatic carbocycles. The fourth-order valence-electron chi connectivity index (χ4n) is 2.29. The lowest BCUT2D eigenvalue weighted by molar-refractivity contribution is -0.385. The third-order valence-corrected chi connectivity index (χ3v) is 4.27. The van der Waals surface area contributed by atoms with Crippen LogP contribution in [0, 0.1) is 21.4 Å². The highest BCUT2D eigenvalue weighted by molar-refractivity contribution is 9.10. The quantitative estimate of drug-likeness (QED) is 0.339. The Morgan fingerprint density at radius 1 is 1.38 bits per heavy atom. The van der Waals surface area contributed by atoms with Gasteiger partial charge >= 0.3 is 0 Å². The molecular formula is C17H11BrN8O3. The number of carbonyl (C=O) groups excluding carboxylic acids is 1. The van der Waals surface area contributed by atoms with Crippen LogP contribution in [0.3, 0.4) is 0 Å². The Kier molecular flexibility index (Phi) is 6.00. The van der Waals surface area contributed by atoms with E-state index in [1.807, 2.05) is 6.07 Å². The van der Waals surface area contributed by atoms with Gasteiger partial charge in [0.05, 0.1) is 27.2 Å². The van der Waals surface area contributed by atoms with Gasteiger partial charge in [-0.15, -0.1) is 10.2 Å². The van der Waals surface area contributed by atoms with Gasteiger partial charge in [-0.1, -0.05) is 18.2 Å². The summed E-state index contributed by atoms with van der Waals surface area (Å²) in [5.74, 6) is -0.300. The third-order valence-electron chi connectivity index (χ3n) is 3.60. The van der Waals surface area contributed by atoms with E-state index in [0.717, 1.165) is 4.80 Å². The fraction of sp³-hybridized carbons (Fsp3) is 0.0588. The van der Waals surface area contributed by atoms with Crippen LogP contribution in [0.5, 0.6) is 0 Å². The predicted octanol–water partition coefficient (Wildman–Crippen LogP) is 2.03. The van der Waals surface area contributed by atoms with E-state index in [2.05, 4.69) is 41.9 Å². The van der Waals surface area contributed by atoms with E-state index in [-0.39, 0.29) is 18.1 Å². The minimum Gasteiger partial charge on any atom is -0.271 e. The normalized spacial score (nSPS) is 10.6. The zero-order valence-electron chi connectivity index (χ0n) is 14.6. The first-order valence-corrected chi connectivity index (χ1v) is 8.80. The van der Waals surface area contributed by atoms with Crippen molar-refractivity contribution in [2.24, 2.45) is 5.10 Å². The number of nitrogens with zero attached hydrogens (tertiary/aromatic N) is 7. The number of hydrogen-bond donors (Lipinski definition) is 1. The molecule has 11 nitrogen and oxygen atoms in total. The second-order valence-electron chi connectivity index (χ2n) is 5.56. The molecule has 144 valence electrons. The fourth-order valence-corrected chi connectivity index (χ4v) is 2.68. The van der Waals surface area contributed by atoms with Crippen LogP contribution in [0.2, 0.25) is 0 Å². The smallest absolute Gasteiger partial charge is 0.271 e. The number of aromatic nitrogens is 4. The van der Waals surface area contributed by atoms with E-state index in [1.165, 1.54) is 18.3 Å². The summed E-state index contributed by atoms with van der Waals surface area (Å²) >= 11 is 3.09. The maximum absolute atomic E-state index is 12.0. The molecule has 0 radical (unpaired) electrons. The molecule has 1 amide bonds. The lowest BCUT2D eigenvalue weighted by atomic mass is 10.1. The van der Waals surface area contributed by atoms with E-state index >= 15 is 0 Å². The van der Waals surface area contributed by atoms with Crippen molar-refractivity contribution in [1.29, 1.82) is 5.26 Å². The molecule has 3 aromatic rings. The van der Waals surface area contributed by atoms with Gasteiger partial charge in [-0.2, -0.15) is 15.2 Å². The van der Waals surface area contributed by atoms with Crippen LogP contribution in [0.4, 0.5) is 5.69 Å². The second kappa shape index (κ2) is 8.81. The molecular weight excluding hydrogens is 444 g/mol. The summed E-state index contributed by atoms with van der Waals surface area (Å²) in [6, 6.07) is 13.2. The number of benzene rings is 2. The van der Waals surface area contributed by atoms with Gasteiger partial charge in [-0.25, -0.2) is 5.43 Å². The zero-order chi connectivity index (χ0) is 20.8. The van der Waals surface area contributed by atoms with Crippen molar-refractivity contribution in [2.75, 3.05) is 0 Å². The molecule has 0 atom stereocenters. The summed E-state index contributed by atoms with van der Waals surface area (Å²) in [5, 5.41) is 35.6. The summed E-state index contributed by atoms with van der Waals surface area (Å²) < 4.78 is 0.342. The summed E-state index contributed by atoms with van der Waals surface area (Å²) in [5.41, 5.74) is 3.51. The SMILES string of the molecule is N#Cc1ccccc1-c1nnn(CC(=O)N/N=C\c2ccc(Br)c([N+](=O)[O-])c2)n1. The van der Waals surface area contributed by atoms with Crippen LogP contribution in [-0.2, 0) is 11.3 Å². The number of carbonyl (C=O) groups is 1. The maximum Gasteiger partial charge on any atom is 0.284 e. The topological polar surface area (TPSA) is 152 Å². The van der Waals surface area contributed by atoms with E-state index in [4.69, 9.17) is 5.26 Å². The van der Waals surface area contributed by atoms with Crippen molar-refractivity contribution in [2.45, 2.75) is 6.54 Å². The standard InChI is InChI=1S/C17H11BrN8O3/c18-14-6-5-11(7-15(14)26(28)29)9-20-21-16(27)10-25-23-17(22-24-25)13-4-2-1-3-12(13)8-19/h1-7,9H,10H2,(H,21,27)/b20-9-. The maximum atomic E-state index is 12.0. The van der Waals surface area contributed by atoms with Crippen molar-refractivity contribution in [3.63, 3.8) is 0 Å². The second-order valence-corrected chi connectivity index (χ2v) is 6.42. The molecule has 12 heteroatoms. The molecule has 0 spiro atoms. The van der Waals surface area contributed by atoms with Gasteiger partial charge in [-0.3, -0.25) is 14.9 Å². The van der Waals surface area contributed by atoms with Gasteiger partial charge < -0.3 is 0 Å². The summed E-state index contributed by atoms with van der Waals surface area (Å²) in [6.45, 7) is -0.250. The summed E-state index contributed by atoms with van der Waals surface area (Å²) in [4.78, 5) is 23.4. The van der Waals surface area contributed by atoms with Gasteiger partial charge in [0, 0.05) is 17.2 Å². The van der Waals surface area contributed by atoms with Gasteiger partial charge in [0.15, 0.2) is 0 Å². The largest absolute Gasteiger partial charge is 0.284 e. The number of nitrogens with one attached hydrogen (secondary N) is 1. The van der Waals surface area contributed by atoms with E-state index in [9.17, 15) is 14.9 Å². The number of tetrazole rings is 1. The highest BCUT2D eigenvalue weighted by atomic mass is 79.9. The van der Waals surface area contributed by atoms with Crippen LogP contribution in [0.1, 0.15) is 11.1 Å². The van der Waals surface area contributed by atoms with Crippen LogP contribution in [0.25, 0.3) is 11.4 Å². The number of amides is 1. The Balaban J connectivity index is 1.63. The van der Waals surface area contributed by atoms with Crippen LogP contribution < -0.4 is 5.43 Å². The Labute approximate surface area is 171 Å². The number of hydrazone groups is 1. The highest BCUT2D eigenvalue weighted by Crippen LogP contribution is 2.24. The van der Waals surface area contributed by atoms with Gasteiger partial charge in [0.1, 0.15) is 6.54 Å². The Hall–Kier alpha value is -3.98. The van der Waals surface area contributed by atoms with Crippen LogP contribution >= 0.6 is 15.9 Å². The first kappa shape index (κ1) is 19.8. The molecule has 0 aliphatic rings. The zero-order valence-corrected chi connectivity index (χ0v) is 16.1. The highest BCUT2D eigenvalue weighted by Gasteiger charge is 2.13. The molecule has 1 N–H and O–H groups in total. The van der Waals surface area contributed by atoms with Crippen molar-refractivity contribution >= 4 is 33.7 Å². The first-order valence-electron chi connectivity index (χ1n) is 8.01. The Morgan fingerprint density at radius 2 is 2.17 bits per heavy atom. The van der Waals surface area contributed by atoms with Crippen LogP contribution in [0.15, 0.2) is 52.0 Å². The lowest BCUT2D eigenvalue weighted by Gasteiger charge is -1.99. The molecule has 29 heavy (non-hydrogen) atoms. The monoisotopic (exact) mass is 454 g/mol.